The van der Waals surface area contributed by atoms with E-state index in [0.717, 1.165) is 15.0 Å². The summed E-state index contributed by atoms with van der Waals surface area (Å²) in [6.07, 6.45) is 6.24. The van der Waals surface area contributed by atoms with E-state index in [1.807, 2.05) is 6.92 Å². The number of nitrogens with zero attached hydrogens (tertiary/aromatic N) is 2. The molecule has 1 aromatic carbocycles. The van der Waals surface area contributed by atoms with Crippen molar-refractivity contribution in [1.29, 1.82) is 0 Å². The lowest BCUT2D eigenvalue weighted by Gasteiger charge is -2.21. The lowest BCUT2D eigenvalue weighted by Crippen LogP contribution is -2.21. The van der Waals surface area contributed by atoms with Gasteiger partial charge in [-0.3, -0.25) is 4.79 Å². The van der Waals surface area contributed by atoms with Crippen LogP contribution in [0.5, 0.6) is 5.75 Å². The van der Waals surface area contributed by atoms with Crippen molar-refractivity contribution in [1.82, 2.24) is 10.2 Å². The van der Waals surface area contributed by atoms with Crippen LogP contribution in [0.4, 0.5) is 10.8 Å². The molecule has 146 valence electrons. The Labute approximate surface area is 172 Å². The number of hydrogen-bond acceptors (Lipinski definition) is 7. The number of rotatable bonds is 7. The Morgan fingerprint density at radius 1 is 1.33 bits per heavy atom. The van der Waals surface area contributed by atoms with E-state index in [-0.39, 0.29) is 11.7 Å². The van der Waals surface area contributed by atoms with Crippen molar-refractivity contribution in [2.45, 2.75) is 49.4 Å². The van der Waals surface area contributed by atoms with Gasteiger partial charge in [0.25, 0.3) is 0 Å². The second-order valence-corrected chi connectivity index (χ2v) is 9.10. The van der Waals surface area contributed by atoms with E-state index in [2.05, 4.69) is 20.8 Å². The summed E-state index contributed by atoms with van der Waals surface area (Å²) in [5.74, 6) is 0.666. The molecule has 1 saturated carbocycles. The lowest BCUT2D eigenvalue weighted by atomic mass is 9.96. The van der Waals surface area contributed by atoms with Gasteiger partial charge in [0.2, 0.25) is 11.0 Å². The van der Waals surface area contributed by atoms with Gasteiger partial charge in [-0.25, -0.2) is 0 Å². The molecule has 2 N–H and O–H groups in total. The van der Waals surface area contributed by atoms with Gasteiger partial charge < -0.3 is 15.4 Å². The zero-order valence-corrected chi connectivity index (χ0v) is 17.8. The third-order valence-corrected chi connectivity index (χ3v) is 6.82. The molecule has 6 nitrogen and oxygen atoms in total. The van der Waals surface area contributed by atoms with E-state index >= 15 is 0 Å². The van der Waals surface area contributed by atoms with E-state index in [1.54, 1.807) is 19.2 Å². The first-order valence-electron chi connectivity index (χ1n) is 8.92. The molecule has 1 fully saturated rings. The van der Waals surface area contributed by atoms with Crippen molar-refractivity contribution < 1.29 is 9.53 Å². The maximum absolute atomic E-state index is 12.3. The number of carbonyl (C=O) groups excluding carboxylic acids is 1. The second-order valence-electron chi connectivity index (χ2n) is 6.49. The fourth-order valence-electron chi connectivity index (χ4n) is 2.99. The van der Waals surface area contributed by atoms with Gasteiger partial charge in [-0.1, -0.05) is 54.0 Å². The minimum atomic E-state index is -0.128. The van der Waals surface area contributed by atoms with Crippen molar-refractivity contribution in [2.75, 3.05) is 23.5 Å². The van der Waals surface area contributed by atoms with Gasteiger partial charge in [0.15, 0.2) is 4.34 Å². The number of benzene rings is 1. The molecule has 0 unspecified atom stereocenters. The van der Waals surface area contributed by atoms with Crippen LogP contribution < -0.4 is 15.4 Å². The van der Waals surface area contributed by atoms with Crippen molar-refractivity contribution in [3.05, 3.63) is 22.7 Å². The number of hydrogen-bond donors (Lipinski definition) is 2. The number of ether oxygens (including phenoxy) is 1. The molecule has 1 heterocycles. The Hall–Kier alpha value is -1.51. The van der Waals surface area contributed by atoms with Crippen molar-refractivity contribution in [2.24, 2.45) is 0 Å². The van der Waals surface area contributed by atoms with Crippen LogP contribution in [0.25, 0.3) is 0 Å². The topological polar surface area (TPSA) is 76.1 Å². The molecule has 1 aliphatic rings. The Bertz CT molecular complexity index is 794. The number of carbonyl (C=O) groups is 1. The maximum Gasteiger partial charge on any atom is 0.234 e. The Kier molecular flexibility index (Phi) is 7.20. The molecule has 0 atom stereocenters. The van der Waals surface area contributed by atoms with Gasteiger partial charge in [0, 0.05) is 17.1 Å². The highest BCUT2D eigenvalue weighted by atomic mass is 35.5. The van der Waals surface area contributed by atoms with E-state index in [0.29, 0.717) is 22.5 Å². The van der Waals surface area contributed by atoms with Crippen LogP contribution in [0.3, 0.4) is 0 Å². The standard InChI is InChI=1S/C18H23ClN4O2S2/c1-11-8-14(15(25-2)9-13(11)19)21-16(24)10-26-18-23-22-17(27-18)20-12-6-4-3-5-7-12/h8-9,12H,3-7,10H2,1-2H3,(H,20,22)(H,21,24). The van der Waals surface area contributed by atoms with E-state index in [9.17, 15) is 4.79 Å². The second kappa shape index (κ2) is 9.61. The first kappa shape index (κ1) is 20.2. The van der Waals surface area contributed by atoms with Gasteiger partial charge in [-0.05, 0) is 31.4 Å². The van der Waals surface area contributed by atoms with Crippen molar-refractivity contribution >= 4 is 51.4 Å². The number of aromatic nitrogens is 2. The minimum absolute atomic E-state index is 0.128. The molecule has 2 aromatic rings. The summed E-state index contributed by atoms with van der Waals surface area (Å²) in [6, 6.07) is 4.00. The van der Waals surface area contributed by atoms with E-state index in [1.165, 1.54) is 55.2 Å². The number of nitrogens with one attached hydrogen (secondary N) is 2. The smallest absolute Gasteiger partial charge is 0.234 e. The fourth-order valence-corrected chi connectivity index (χ4v) is 4.77. The summed E-state index contributed by atoms with van der Waals surface area (Å²) in [6.45, 7) is 1.88. The molecule has 27 heavy (non-hydrogen) atoms. The van der Waals surface area contributed by atoms with Gasteiger partial charge in [-0.2, -0.15) is 0 Å². The maximum atomic E-state index is 12.3. The zero-order valence-electron chi connectivity index (χ0n) is 15.4. The lowest BCUT2D eigenvalue weighted by molar-refractivity contribution is -0.113. The summed E-state index contributed by atoms with van der Waals surface area (Å²) >= 11 is 8.97. The van der Waals surface area contributed by atoms with Crippen LogP contribution in [0.1, 0.15) is 37.7 Å². The number of aryl methyl sites for hydroxylation is 1. The first-order chi connectivity index (χ1) is 13.0. The summed E-state index contributed by atoms with van der Waals surface area (Å²) in [5, 5.41) is 16.1. The molecule has 3 rings (SSSR count). The number of halogens is 1. The summed E-state index contributed by atoms with van der Waals surface area (Å²) < 4.78 is 6.07. The third-order valence-electron chi connectivity index (χ3n) is 4.42. The van der Waals surface area contributed by atoms with Crippen LogP contribution in [-0.4, -0.2) is 35.0 Å². The average Bonchev–Trinajstić information content (AvgIpc) is 3.11. The highest BCUT2D eigenvalue weighted by molar-refractivity contribution is 8.01. The molecule has 1 aromatic heterocycles. The predicted octanol–water partition coefficient (Wildman–Crippen LogP) is 4.98. The Morgan fingerprint density at radius 2 is 2.11 bits per heavy atom. The zero-order chi connectivity index (χ0) is 19.2. The summed E-state index contributed by atoms with van der Waals surface area (Å²) in [5.41, 5.74) is 1.49. The quantitative estimate of drug-likeness (QED) is 0.608. The summed E-state index contributed by atoms with van der Waals surface area (Å²) in [4.78, 5) is 12.3. The summed E-state index contributed by atoms with van der Waals surface area (Å²) in [7, 11) is 1.55. The number of amides is 1. The van der Waals surface area contributed by atoms with E-state index < -0.39 is 0 Å². The third kappa shape index (κ3) is 5.73. The van der Waals surface area contributed by atoms with Gasteiger partial charge in [-0.15, -0.1) is 10.2 Å². The van der Waals surface area contributed by atoms with Crippen LogP contribution in [0.15, 0.2) is 16.5 Å². The molecule has 0 saturated heterocycles. The largest absolute Gasteiger partial charge is 0.495 e. The molecule has 0 aliphatic heterocycles. The number of thioether (sulfide) groups is 1. The highest BCUT2D eigenvalue weighted by Gasteiger charge is 2.16. The van der Waals surface area contributed by atoms with Crippen LogP contribution in [-0.2, 0) is 4.79 Å². The van der Waals surface area contributed by atoms with Crippen molar-refractivity contribution in [3.63, 3.8) is 0 Å². The molecule has 1 aliphatic carbocycles. The van der Waals surface area contributed by atoms with Gasteiger partial charge in [0.1, 0.15) is 5.75 Å². The Morgan fingerprint density at radius 3 is 2.85 bits per heavy atom. The first-order valence-corrected chi connectivity index (χ1v) is 11.1. The minimum Gasteiger partial charge on any atom is -0.495 e. The average molecular weight is 427 g/mol. The normalized spacial score (nSPS) is 14.8. The molecule has 1 amide bonds. The molecular weight excluding hydrogens is 404 g/mol. The van der Waals surface area contributed by atoms with Crippen LogP contribution in [0, 0.1) is 6.92 Å². The molecule has 0 radical (unpaired) electrons. The monoisotopic (exact) mass is 426 g/mol. The highest BCUT2D eigenvalue weighted by Crippen LogP contribution is 2.32. The molecular formula is C18H23ClN4O2S2. The van der Waals surface area contributed by atoms with Crippen LogP contribution in [0.2, 0.25) is 5.02 Å². The van der Waals surface area contributed by atoms with E-state index in [4.69, 9.17) is 16.3 Å². The molecule has 0 bridgehead atoms. The Balaban J connectivity index is 1.51. The predicted molar refractivity (Wildman–Crippen MR) is 112 cm³/mol. The van der Waals surface area contributed by atoms with Gasteiger partial charge in [0.05, 0.1) is 18.6 Å². The number of methoxy groups -OCH3 is 1. The van der Waals surface area contributed by atoms with Crippen LogP contribution >= 0.6 is 34.7 Å². The van der Waals surface area contributed by atoms with Gasteiger partial charge >= 0.3 is 0 Å². The number of anilines is 2. The SMILES string of the molecule is COc1cc(Cl)c(C)cc1NC(=O)CSc1nnc(NC2CCCCC2)s1. The molecule has 9 heteroatoms. The molecule has 0 spiro atoms. The van der Waals surface area contributed by atoms with Crippen molar-refractivity contribution in [3.8, 4) is 5.75 Å². The fraction of sp³-hybridized carbons (Fsp3) is 0.500.